The average Bonchev–Trinajstić information content (AvgIpc) is 3.39. The average molecular weight is 490 g/mol. The quantitative estimate of drug-likeness (QED) is 0.378. The van der Waals surface area contributed by atoms with E-state index >= 15 is 0 Å². The monoisotopic (exact) mass is 490 g/mol. The Kier molecular flexibility index (Phi) is 7.16. The number of hydrogen-bond donors (Lipinski definition) is 2. The highest BCUT2D eigenvalue weighted by molar-refractivity contribution is 14.0. The molecule has 6 nitrogen and oxygen atoms in total. The number of nitrogens with one attached hydrogen (secondary N) is 2. The Morgan fingerprint density at radius 1 is 1.33 bits per heavy atom. The summed E-state index contributed by atoms with van der Waals surface area (Å²) in [4.78, 5) is 7.24. The van der Waals surface area contributed by atoms with E-state index in [1.165, 1.54) is 25.0 Å². The number of nitrogens with zero attached hydrogens (tertiary/aromatic N) is 2. The number of rotatable bonds is 5. The van der Waals surface area contributed by atoms with E-state index in [0.717, 1.165) is 49.2 Å². The fraction of sp³-hybridized carbons (Fsp3) is 0.632. The molecule has 1 aromatic rings. The Bertz CT molecular complexity index is 684. The second kappa shape index (κ2) is 9.38. The van der Waals surface area contributed by atoms with Crippen molar-refractivity contribution in [2.75, 3.05) is 26.4 Å². The van der Waals surface area contributed by atoms with Crippen LogP contribution in [0.25, 0.3) is 0 Å². The first-order valence-electron chi connectivity index (χ1n) is 9.53. The van der Waals surface area contributed by atoms with Crippen LogP contribution in [0.5, 0.6) is 5.75 Å². The lowest BCUT2D eigenvalue weighted by atomic mass is 10.1. The molecule has 3 aliphatic rings. The van der Waals surface area contributed by atoms with Crippen LogP contribution >= 0.6 is 24.0 Å². The molecule has 1 atom stereocenters. The molecular weight excluding hydrogens is 462 g/mol. The van der Waals surface area contributed by atoms with Gasteiger partial charge in [0.05, 0.1) is 13.2 Å². The Labute approximate surface area is 176 Å². The van der Waals surface area contributed by atoms with Crippen LogP contribution in [0.15, 0.2) is 17.1 Å². The molecule has 0 spiro atoms. The normalized spacial score (nSPS) is 22.6. The summed E-state index contributed by atoms with van der Waals surface area (Å²) in [5, 5.41) is 6.83. The zero-order valence-electron chi connectivity index (χ0n) is 15.7. The lowest BCUT2D eigenvalue weighted by Crippen LogP contribution is -2.44. The molecule has 1 saturated carbocycles. The Morgan fingerprint density at radius 2 is 2.19 bits per heavy atom. The molecule has 2 aliphatic heterocycles. The van der Waals surface area contributed by atoms with Crippen molar-refractivity contribution >= 4 is 29.9 Å². The van der Waals surface area contributed by atoms with Gasteiger partial charge in [0.15, 0.2) is 12.8 Å². The molecule has 2 fully saturated rings. The molecule has 1 unspecified atom stereocenters. The SMILES string of the molecule is CCNC(=NCc1cc(F)cc2c1OCOC2)NC1CCN(C2CC2)C1.I. The van der Waals surface area contributed by atoms with Crippen LogP contribution in [0.2, 0.25) is 0 Å². The summed E-state index contributed by atoms with van der Waals surface area (Å²) < 4.78 is 24.7. The molecule has 2 heterocycles. The van der Waals surface area contributed by atoms with Crippen LogP contribution < -0.4 is 15.4 Å². The first kappa shape index (κ1) is 20.6. The van der Waals surface area contributed by atoms with E-state index in [0.29, 0.717) is 24.9 Å². The van der Waals surface area contributed by atoms with Crippen LogP contribution in [-0.2, 0) is 17.9 Å². The van der Waals surface area contributed by atoms with Crippen molar-refractivity contribution < 1.29 is 13.9 Å². The largest absolute Gasteiger partial charge is 0.467 e. The molecule has 1 saturated heterocycles. The van der Waals surface area contributed by atoms with Crippen LogP contribution in [0, 0.1) is 5.82 Å². The summed E-state index contributed by atoms with van der Waals surface area (Å²) in [6.45, 7) is 6.02. The van der Waals surface area contributed by atoms with Gasteiger partial charge in [-0.2, -0.15) is 0 Å². The Morgan fingerprint density at radius 3 is 2.96 bits per heavy atom. The van der Waals surface area contributed by atoms with Gasteiger partial charge in [-0.25, -0.2) is 9.38 Å². The minimum atomic E-state index is -0.281. The van der Waals surface area contributed by atoms with Crippen molar-refractivity contribution in [3.8, 4) is 5.75 Å². The predicted octanol–water partition coefficient (Wildman–Crippen LogP) is 2.60. The van der Waals surface area contributed by atoms with E-state index in [1.807, 2.05) is 6.92 Å². The summed E-state index contributed by atoms with van der Waals surface area (Å²) in [6.07, 6.45) is 3.82. The smallest absolute Gasteiger partial charge is 0.191 e. The lowest BCUT2D eigenvalue weighted by molar-refractivity contribution is -0.0172. The van der Waals surface area contributed by atoms with Crippen molar-refractivity contribution in [3.63, 3.8) is 0 Å². The van der Waals surface area contributed by atoms with Crippen LogP contribution in [-0.4, -0.2) is 49.4 Å². The summed E-state index contributed by atoms with van der Waals surface area (Å²) in [5.74, 6) is 1.20. The molecule has 4 rings (SSSR count). The predicted molar refractivity (Wildman–Crippen MR) is 113 cm³/mol. The molecule has 27 heavy (non-hydrogen) atoms. The number of likely N-dealkylation sites (tertiary alicyclic amines) is 1. The van der Waals surface area contributed by atoms with Crippen molar-refractivity contribution in [1.29, 1.82) is 0 Å². The van der Waals surface area contributed by atoms with Gasteiger partial charge in [-0.15, -0.1) is 24.0 Å². The molecule has 0 aromatic heterocycles. The van der Waals surface area contributed by atoms with E-state index < -0.39 is 0 Å². The first-order chi connectivity index (χ1) is 12.7. The summed E-state index contributed by atoms with van der Waals surface area (Å²) >= 11 is 0. The van der Waals surface area contributed by atoms with Crippen molar-refractivity contribution in [1.82, 2.24) is 15.5 Å². The zero-order chi connectivity index (χ0) is 17.9. The van der Waals surface area contributed by atoms with Gasteiger partial charge in [-0.1, -0.05) is 0 Å². The maximum atomic E-state index is 13.9. The fourth-order valence-electron chi connectivity index (χ4n) is 3.73. The molecule has 0 amide bonds. The van der Waals surface area contributed by atoms with Crippen molar-refractivity contribution in [2.24, 2.45) is 4.99 Å². The van der Waals surface area contributed by atoms with E-state index in [2.05, 4.69) is 20.5 Å². The van der Waals surface area contributed by atoms with E-state index in [4.69, 9.17) is 9.47 Å². The highest BCUT2D eigenvalue weighted by Crippen LogP contribution is 2.31. The third-order valence-corrected chi connectivity index (χ3v) is 5.13. The van der Waals surface area contributed by atoms with Gasteiger partial charge >= 0.3 is 0 Å². The lowest BCUT2D eigenvalue weighted by Gasteiger charge is -2.21. The second-order valence-electron chi connectivity index (χ2n) is 7.22. The number of fused-ring (bicyclic) bond motifs is 1. The van der Waals surface area contributed by atoms with Crippen molar-refractivity contribution in [3.05, 3.63) is 29.1 Å². The van der Waals surface area contributed by atoms with Gasteiger partial charge < -0.3 is 20.1 Å². The molecule has 8 heteroatoms. The summed E-state index contributed by atoms with van der Waals surface area (Å²) in [7, 11) is 0. The summed E-state index contributed by atoms with van der Waals surface area (Å²) in [5.41, 5.74) is 1.50. The summed E-state index contributed by atoms with van der Waals surface area (Å²) in [6, 6.07) is 4.19. The van der Waals surface area contributed by atoms with Gasteiger partial charge in [0.2, 0.25) is 0 Å². The highest BCUT2D eigenvalue weighted by Gasteiger charge is 2.34. The van der Waals surface area contributed by atoms with Crippen LogP contribution in [0.4, 0.5) is 4.39 Å². The standard InChI is InChI=1S/C19H27FN4O2.HI/c1-2-21-19(23-16-5-6-24(10-16)17-3-4-17)22-9-13-7-15(20)8-14-11-25-12-26-18(13)14;/h7-8,16-17H,2-6,9-12H2,1H3,(H2,21,22,23);1H. The minimum absolute atomic E-state index is 0. The number of halogens is 2. The molecule has 150 valence electrons. The highest BCUT2D eigenvalue weighted by atomic mass is 127. The van der Waals surface area contributed by atoms with Gasteiger partial charge in [-0.3, -0.25) is 4.90 Å². The Balaban J connectivity index is 0.00000210. The number of ether oxygens (including phenoxy) is 2. The van der Waals surface area contributed by atoms with E-state index in [-0.39, 0.29) is 36.6 Å². The number of aliphatic imine (C=N–C) groups is 1. The number of guanidine groups is 1. The van der Waals surface area contributed by atoms with Crippen LogP contribution in [0.1, 0.15) is 37.3 Å². The molecule has 0 bridgehead atoms. The third-order valence-electron chi connectivity index (χ3n) is 5.13. The van der Waals surface area contributed by atoms with Gasteiger partial charge in [-0.05, 0) is 38.3 Å². The first-order valence-corrected chi connectivity index (χ1v) is 9.53. The molecule has 0 radical (unpaired) electrons. The maximum Gasteiger partial charge on any atom is 0.191 e. The van der Waals surface area contributed by atoms with E-state index in [9.17, 15) is 4.39 Å². The molecule has 2 N–H and O–H groups in total. The zero-order valence-corrected chi connectivity index (χ0v) is 18.0. The van der Waals surface area contributed by atoms with E-state index in [1.54, 1.807) is 0 Å². The molecule has 1 aliphatic carbocycles. The second-order valence-corrected chi connectivity index (χ2v) is 7.22. The maximum absolute atomic E-state index is 13.9. The molecular formula is C19H28FIN4O2. The number of hydrogen-bond acceptors (Lipinski definition) is 4. The van der Waals surface area contributed by atoms with Crippen LogP contribution in [0.3, 0.4) is 0 Å². The topological polar surface area (TPSA) is 58.1 Å². The minimum Gasteiger partial charge on any atom is -0.467 e. The molecule has 1 aromatic carbocycles. The van der Waals surface area contributed by atoms with Gasteiger partial charge in [0.25, 0.3) is 0 Å². The fourth-order valence-corrected chi connectivity index (χ4v) is 3.73. The number of benzene rings is 1. The van der Waals surface area contributed by atoms with Gasteiger partial charge in [0, 0.05) is 42.8 Å². The Hall–Kier alpha value is -1.13. The third kappa shape index (κ3) is 5.23. The van der Waals surface area contributed by atoms with Gasteiger partial charge in [0.1, 0.15) is 11.6 Å². The van der Waals surface area contributed by atoms with Crippen molar-refractivity contribution in [2.45, 2.75) is 51.4 Å².